The van der Waals surface area contributed by atoms with Crippen LogP contribution in [0.15, 0.2) is 4.52 Å². The Bertz CT molecular complexity index is 280. The molecule has 0 radical (unpaired) electrons. The Balaban J connectivity index is 1.79. The lowest BCUT2D eigenvalue weighted by molar-refractivity contribution is 0.310. The van der Waals surface area contributed by atoms with Gasteiger partial charge in [0.05, 0.1) is 6.54 Å². The Morgan fingerprint density at radius 1 is 1.36 bits per heavy atom. The van der Waals surface area contributed by atoms with E-state index in [4.69, 9.17) is 10.3 Å². The van der Waals surface area contributed by atoms with Crippen LogP contribution >= 0.6 is 0 Å². The Labute approximate surface area is 83.3 Å². The molecule has 0 atom stereocenters. The van der Waals surface area contributed by atoms with Gasteiger partial charge in [-0.2, -0.15) is 4.98 Å². The number of hydrogen-bond donors (Lipinski definition) is 1. The zero-order chi connectivity index (χ0) is 9.80. The van der Waals surface area contributed by atoms with Crippen molar-refractivity contribution >= 4 is 0 Å². The standard InChI is InChI=1S/C9H16N4O/c10-7-8-11-9(14-12-8)3-6-13-4-1-2-5-13/h1-7,10H2. The first kappa shape index (κ1) is 9.61. The predicted octanol–water partition coefficient (Wildman–Crippen LogP) is 0.167. The van der Waals surface area contributed by atoms with E-state index in [0.29, 0.717) is 18.3 Å². The Hall–Kier alpha value is -0.940. The fourth-order valence-corrected chi connectivity index (χ4v) is 1.73. The fourth-order valence-electron chi connectivity index (χ4n) is 1.73. The molecule has 2 N–H and O–H groups in total. The summed E-state index contributed by atoms with van der Waals surface area (Å²) in [6, 6.07) is 0. The van der Waals surface area contributed by atoms with Crippen LogP contribution in [-0.2, 0) is 13.0 Å². The van der Waals surface area contributed by atoms with Gasteiger partial charge in [0.25, 0.3) is 0 Å². The quantitative estimate of drug-likeness (QED) is 0.743. The van der Waals surface area contributed by atoms with Crippen LogP contribution in [0.25, 0.3) is 0 Å². The molecule has 5 nitrogen and oxygen atoms in total. The van der Waals surface area contributed by atoms with Gasteiger partial charge in [-0.1, -0.05) is 5.16 Å². The van der Waals surface area contributed by atoms with E-state index in [9.17, 15) is 0 Å². The van der Waals surface area contributed by atoms with Crippen LogP contribution in [-0.4, -0.2) is 34.7 Å². The number of aromatic nitrogens is 2. The first-order chi connectivity index (χ1) is 6.88. The molecule has 0 amide bonds. The molecule has 78 valence electrons. The molecular weight excluding hydrogens is 180 g/mol. The SMILES string of the molecule is NCc1noc(CCN2CCCC2)n1. The second kappa shape index (κ2) is 4.52. The van der Waals surface area contributed by atoms with E-state index in [-0.39, 0.29) is 0 Å². The van der Waals surface area contributed by atoms with Crippen LogP contribution in [0.3, 0.4) is 0 Å². The van der Waals surface area contributed by atoms with Crippen molar-refractivity contribution in [1.29, 1.82) is 0 Å². The first-order valence-corrected chi connectivity index (χ1v) is 5.12. The van der Waals surface area contributed by atoms with Gasteiger partial charge in [0.2, 0.25) is 5.89 Å². The number of likely N-dealkylation sites (tertiary alicyclic amines) is 1. The highest BCUT2D eigenvalue weighted by atomic mass is 16.5. The minimum absolute atomic E-state index is 0.354. The third-order valence-electron chi connectivity index (χ3n) is 2.53. The minimum atomic E-state index is 0.354. The summed E-state index contributed by atoms with van der Waals surface area (Å²) in [6.45, 7) is 3.79. The summed E-state index contributed by atoms with van der Waals surface area (Å²) in [5.74, 6) is 1.30. The molecule has 1 saturated heterocycles. The highest BCUT2D eigenvalue weighted by molar-refractivity contribution is 4.86. The van der Waals surface area contributed by atoms with Crippen LogP contribution in [0.4, 0.5) is 0 Å². The minimum Gasteiger partial charge on any atom is -0.339 e. The van der Waals surface area contributed by atoms with Gasteiger partial charge in [-0.05, 0) is 25.9 Å². The molecule has 0 aliphatic carbocycles. The smallest absolute Gasteiger partial charge is 0.227 e. The molecule has 0 saturated carbocycles. The molecule has 1 fully saturated rings. The monoisotopic (exact) mass is 196 g/mol. The van der Waals surface area contributed by atoms with Crippen LogP contribution in [0.5, 0.6) is 0 Å². The Kier molecular flexibility index (Phi) is 3.10. The zero-order valence-corrected chi connectivity index (χ0v) is 8.28. The number of hydrogen-bond acceptors (Lipinski definition) is 5. The van der Waals surface area contributed by atoms with Crippen molar-refractivity contribution in [1.82, 2.24) is 15.0 Å². The van der Waals surface area contributed by atoms with Crippen LogP contribution < -0.4 is 5.73 Å². The van der Waals surface area contributed by atoms with Gasteiger partial charge in [-0.25, -0.2) is 0 Å². The summed E-state index contributed by atoms with van der Waals surface area (Å²) in [6.07, 6.45) is 3.47. The maximum atomic E-state index is 5.39. The molecule has 0 aromatic carbocycles. The van der Waals surface area contributed by atoms with Gasteiger partial charge in [0.15, 0.2) is 5.82 Å². The normalized spacial score (nSPS) is 17.8. The molecule has 14 heavy (non-hydrogen) atoms. The number of rotatable bonds is 4. The lowest BCUT2D eigenvalue weighted by atomic mass is 10.4. The number of nitrogens with zero attached hydrogens (tertiary/aromatic N) is 3. The topological polar surface area (TPSA) is 68.2 Å². The van der Waals surface area contributed by atoms with Crippen LogP contribution in [0, 0.1) is 0 Å². The van der Waals surface area contributed by atoms with Gasteiger partial charge < -0.3 is 15.2 Å². The Morgan fingerprint density at radius 3 is 2.79 bits per heavy atom. The lowest BCUT2D eigenvalue weighted by Crippen LogP contribution is -2.22. The van der Waals surface area contributed by atoms with Gasteiger partial charge in [0, 0.05) is 13.0 Å². The van der Waals surface area contributed by atoms with E-state index in [1.807, 2.05) is 0 Å². The Morgan fingerprint density at radius 2 is 2.14 bits per heavy atom. The maximum absolute atomic E-state index is 5.39. The third kappa shape index (κ3) is 2.30. The average molecular weight is 196 g/mol. The predicted molar refractivity (Wildman–Crippen MR) is 51.6 cm³/mol. The lowest BCUT2D eigenvalue weighted by Gasteiger charge is -2.11. The van der Waals surface area contributed by atoms with Crippen molar-refractivity contribution in [2.75, 3.05) is 19.6 Å². The molecule has 1 aliphatic rings. The van der Waals surface area contributed by atoms with Crippen molar-refractivity contribution in [2.24, 2.45) is 5.73 Å². The van der Waals surface area contributed by atoms with Crippen molar-refractivity contribution < 1.29 is 4.52 Å². The summed E-state index contributed by atoms with van der Waals surface area (Å²) in [5, 5.41) is 3.75. The molecule has 2 heterocycles. The highest BCUT2D eigenvalue weighted by Gasteiger charge is 2.12. The molecule has 0 unspecified atom stereocenters. The van der Waals surface area contributed by atoms with Crippen molar-refractivity contribution in [3.63, 3.8) is 0 Å². The van der Waals surface area contributed by atoms with E-state index in [1.165, 1.54) is 25.9 Å². The van der Waals surface area contributed by atoms with E-state index < -0.39 is 0 Å². The maximum Gasteiger partial charge on any atom is 0.227 e. The summed E-state index contributed by atoms with van der Waals surface area (Å²) in [5.41, 5.74) is 5.39. The molecular formula is C9H16N4O. The zero-order valence-electron chi connectivity index (χ0n) is 8.28. The molecule has 1 aromatic heterocycles. The molecule has 0 spiro atoms. The second-order valence-electron chi connectivity index (χ2n) is 3.61. The largest absolute Gasteiger partial charge is 0.339 e. The molecule has 2 rings (SSSR count). The van der Waals surface area contributed by atoms with E-state index in [0.717, 1.165) is 13.0 Å². The second-order valence-corrected chi connectivity index (χ2v) is 3.61. The molecule has 1 aromatic rings. The van der Waals surface area contributed by atoms with Gasteiger partial charge in [0.1, 0.15) is 0 Å². The van der Waals surface area contributed by atoms with Crippen LogP contribution in [0.2, 0.25) is 0 Å². The van der Waals surface area contributed by atoms with E-state index >= 15 is 0 Å². The van der Waals surface area contributed by atoms with Gasteiger partial charge in [-0.15, -0.1) is 0 Å². The highest BCUT2D eigenvalue weighted by Crippen LogP contribution is 2.08. The first-order valence-electron chi connectivity index (χ1n) is 5.12. The van der Waals surface area contributed by atoms with Crippen molar-refractivity contribution in [3.05, 3.63) is 11.7 Å². The fraction of sp³-hybridized carbons (Fsp3) is 0.778. The van der Waals surface area contributed by atoms with Gasteiger partial charge >= 0.3 is 0 Å². The average Bonchev–Trinajstić information content (AvgIpc) is 2.86. The van der Waals surface area contributed by atoms with Gasteiger partial charge in [-0.3, -0.25) is 0 Å². The van der Waals surface area contributed by atoms with E-state index in [2.05, 4.69) is 15.0 Å². The summed E-state index contributed by atoms with van der Waals surface area (Å²) >= 11 is 0. The van der Waals surface area contributed by atoms with Crippen molar-refractivity contribution in [3.8, 4) is 0 Å². The molecule has 5 heteroatoms. The third-order valence-corrected chi connectivity index (χ3v) is 2.53. The summed E-state index contributed by atoms with van der Waals surface area (Å²) in [7, 11) is 0. The van der Waals surface area contributed by atoms with Crippen LogP contribution in [0.1, 0.15) is 24.6 Å². The molecule has 0 bridgehead atoms. The van der Waals surface area contributed by atoms with Crippen molar-refractivity contribution in [2.45, 2.75) is 25.8 Å². The summed E-state index contributed by atoms with van der Waals surface area (Å²) in [4.78, 5) is 6.58. The van der Waals surface area contributed by atoms with E-state index in [1.54, 1.807) is 0 Å². The number of nitrogens with two attached hydrogens (primary N) is 1. The molecule has 1 aliphatic heterocycles. The summed E-state index contributed by atoms with van der Waals surface area (Å²) < 4.78 is 5.05.